The first-order valence-electron chi connectivity index (χ1n) is 7.41. The first-order chi connectivity index (χ1) is 8.88. The Morgan fingerprint density at radius 1 is 1.33 bits per heavy atom. The largest absolute Gasteiger partial charge is 0.312 e. The molecule has 0 radical (unpaired) electrons. The summed E-state index contributed by atoms with van der Waals surface area (Å²) in [6.45, 7) is 4.36. The molecule has 3 nitrogen and oxygen atoms in total. The molecule has 2 heterocycles. The van der Waals surface area contributed by atoms with Crippen LogP contribution in [0.3, 0.4) is 0 Å². The van der Waals surface area contributed by atoms with Gasteiger partial charge in [-0.25, -0.2) is 9.97 Å². The number of fused-ring (bicyclic) bond motifs is 1. The maximum Gasteiger partial charge on any atom is 0.115 e. The van der Waals surface area contributed by atoms with Gasteiger partial charge in [-0.1, -0.05) is 26.2 Å². The molecular weight excluding hydrogens is 222 g/mol. The van der Waals surface area contributed by atoms with Gasteiger partial charge in [-0.15, -0.1) is 0 Å². The lowest BCUT2D eigenvalue weighted by Gasteiger charge is -2.30. The number of hydrogen-bond acceptors (Lipinski definition) is 3. The van der Waals surface area contributed by atoms with Crippen LogP contribution in [0.2, 0.25) is 0 Å². The van der Waals surface area contributed by atoms with Crippen LogP contribution in [-0.4, -0.2) is 16.5 Å². The lowest BCUT2D eigenvalue weighted by atomic mass is 9.77. The first-order valence-corrected chi connectivity index (χ1v) is 7.41. The van der Waals surface area contributed by atoms with Gasteiger partial charge in [0.2, 0.25) is 0 Å². The van der Waals surface area contributed by atoms with Gasteiger partial charge in [-0.2, -0.15) is 0 Å². The molecule has 1 N–H and O–H groups in total. The molecule has 0 amide bonds. The summed E-state index contributed by atoms with van der Waals surface area (Å²) in [7, 11) is 0. The third-order valence-electron chi connectivity index (χ3n) is 4.66. The number of rotatable bonds is 2. The van der Waals surface area contributed by atoms with E-state index < -0.39 is 0 Å². The molecule has 1 aliphatic heterocycles. The van der Waals surface area contributed by atoms with Gasteiger partial charge < -0.3 is 5.32 Å². The van der Waals surface area contributed by atoms with Gasteiger partial charge in [0, 0.05) is 36.7 Å². The molecular formula is C15H23N3. The van der Waals surface area contributed by atoms with E-state index in [1.807, 2.05) is 0 Å². The summed E-state index contributed by atoms with van der Waals surface area (Å²) in [5.74, 6) is 1.59. The van der Waals surface area contributed by atoms with Crippen LogP contribution in [0.4, 0.5) is 0 Å². The Morgan fingerprint density at radius 3 is 3.17 bits per heavy atom. The zero-order valence-electron chi connectivity index (χ0n) is 11.3. The predicted molar refractivity (Wildman–Crippen MR) is 72.4 cm³/mol. The third-order valence-corrected chi connectivity index (χ3v) is 4.66. The highest BCUT2D eigenvalue weighted by atomic mass is 14.9. The molecule has 3 rings (SSSR count). The average Bonchev–Trinajstić information content (AvgIpc) is 2.47. The molecule has 18 heavy (non-hydrogen) atoms. The van der Waals surface area contributed by atoms with E-state index >= 15 is 0 Å². The Kier molecular flexibility index (Phi) is 3.59. The van der Waals surface area contributed by atoms with Crippen molar-refractivity contribution in [3.63, 3.8) is 0 Å². The average molecular weight is 245 g/mol. The summed E-state index contributed by atoms with van der Waals surface area (Å²) in [6.07, 6.45) is 9.61. The minimum Gasteiger partial charge on any atom is -0.312 e. The number of aromatic nitrogens is 2. The smallest absolute Gasteiger partial charge is 0.115 e. The van der Waals surface area contributed by atoms with Crippen LogP contribution in [0.25, 0.3) is 0 Å². The number of nitrogens with zero attached hydrogens (tertiary/aromatic N) is 2. The molecule has 1 fully saturated rings. The van der Waals surface area contributed by atoms with Crippen molar-refractivity contribution >= 4 is 0 Å². The lowest BCUT2D eigenvalue weighted by molar-refractivity contribution is 0.309. The molecule has 0 spiro atoms. The van der Waals surface area contributed by atoms with Crippen LogP contribution < -0.4 is 5.32 Å². The summed E-state index contributed by atoms with van der Waals surface area (Å²) in [6, 6.07) is 0. The molecule has 3 heteroatoms. The fourth-order valence-corrected chi connectivity index (χ4v) is 3.55. The Balaban J connectivity index is 1.87. The molecule has 1 saturated carbocycles. The fraction of sp³-hybridized carbons (Fsp3) is 0.733. The van der Waals surface area contributed by atoms with E-state index in [4.69, 9.17) is 0 Å². The fourth-order valence-electron chi connectivity index (χ4n) is 3.55. The standard InChI is InChI=1S/C15H23N3/c1-2-11-4-3-5-12(8-11)15-13-9-16-7-6-14(13)17-10-18-15/h10-12,16H,2-9H2,1H3. The second-order valence-corrected chi connectivity index (χ2v) is 5.75. The maximum absolute atomic E-state index is 4.63. The Hall–Kier alpha value is -0.960. The van der Waals surface area contributed by atoms with Crippen molar-refractivity contribution in [2.24, 2.45) is 5.92 Å². The van der Waals surface area contributed by atoms with E-state index in [0.717, 1.165) is 25.4 Å². The monoisotopic (exact) mass is 245 g/mol. The quantitative estimate of drug-likeness (QED) is 0.870. The SMILES string of the molecule is CCC1CCCC(c2ncnc3c2CNCC3)C1. The van der Waals surface area contributed by atoms with Crippen LogP contribution in [0.1, 0.15) is 61.9 Å². The highest BCUT2D eigenvalue weighted by Crippen LogP contribution is 2.38. The molecule has 2 unspecified atom stereocenters. The van der Waals surface area contributed by atoms with Crippen molar-refractivity contribution in [3.8, 4) is 0 Å². The molecule has 2 aliphatic rings. The molecule has 1 aliphatic carbocycles. The molecule has 98 valence electrons. The van der Waals surface area contributed by atoms with Gasteiger partial charge in [-0.05, 0) is 18.8 Å². The zero-order chi connectivity index (χ0) is 12.4. The van der Waals surface area contributed by atoms with E-state index in [1.54, 1.807) is 6.33 Å². The Bertz CT molecular complexity index is 416. The van der Waals surface area contributed by atoms with Crippen molar-refractivity contribution in [2.75, 3.05) is 6.54 Å². The van der Waals surface area contributed by atoms with Gasteiger partial charge >= 0.3 is 0 Å². The van der Waals surface area contributed by atoms with Crippen LogP contribution in [0.15, 0.2) is 6.33 Å². The second-order valence-electron chi connectivity index (χ2n) is 5.75. The van der Waals surface area contributed by atoms with Gasteiger partial charge in [0.15, 0.2) is 0 Å². The van der Waals surface area contributed by atoms with E-state index in [0.29, 0.717) is 5.92 Å². The van der Waals surface area contributed by atoms with Gasteiger partial charge in [0.25, 0.3) is 0 Å². The highest BCUT2D eigenvalue weighted by molar-refractivity contribution is 5.29. The van der Waals surface area contributed by atoms with E-state index in [1.165, 1.54) is 49.1 Å². The molecule has 1 aromatic rings. The minimum absolute atomic E-state index is 0.681. The second kappa shape index (κ2) is 5.35. The van der Waals surface area contributed by atoms with Crippen LogP contribution >= 0.6 is 0 Å². The van der Waals surface area contributed by atoms with Crippen molar-refractivity contribution in [1.29, 1.82) is 0 Å². The first kappa shape index (κ1) is 12.1. The highest BCUT2D eigenvalue weighted by Gasteiger charge is 2.26. The topological polar surface area (TPSA) is 37.8 Å². The number of nitrogens with one attached hydrogen (secondary N) is 1. The summed E-state index contributed by atoms with van der Waals surface area (Å²) in [5.41, 5.74) is 4.05. The zero-order valence-corrected chi connectivity index (χ0v) is 11.3. The summed E-state index contributed by atoms with van der Waals surface area (Å²) in [5, 5.41) is 3.47. The van der Waals surface area contributed by atoms with E-state index in [-0.39, 0.29) is 0 Å². The molecule has 1 aromatic heterocycles. The third kappa shape index (κ3) is 2.28. The Morgan fingerprint density at radius 2 is 2.28 bits per heavy atom. The molecule has 0 aromatic carbocycles. The lowest BCUT2D eigenvalue weighted by Crippen LogP contribution is -2.28. The molecule has 0 saturated heterocycles. The number of hydrogen-bond donors (Lipinski definition) is 1. The molecule has 0 bridgehead atoms. The maximum atomic E-state index is 4.63. The van der Waals surface area contributed by atoms with Crippen molar-refractivity contribution in [3.05, 3.63) is 23.3 Å². The van der Waals surface area contributed by atoms with Crippen molar-refractivity contribution < 1.29 is 0 Å². The van der Waals surface area contributed by atoms with E-state index in [2.05, 4.69) is 22.2 Å². The van der Waals surface area contributed by atoms with Crippen LogP contribution in [0.5, 0.6) is 0 Å². The van der Waals surface area contributed by atoms with Crippen LogP contribution in [0, 0.1) is 5.92 Å². The van der Waals surface area contributed by atoms with Crippen molar-refractivity contribution in [2.45, 2.75) is 57.9 Å². The van der Waals surface area contributed by atoms with Crippen molar-refractivity contribution in [1.82, 2.24) is 15.3 Å². The summed E-state index contributed by atoms with van der Waals surface area (Å²) < 4.78 is 0. The van der Waals surface area contributed by atoms with Crippen LogP contribution in [-0.2, 0) is 13.0 Å². The Labute approximate surface area is 109 Å². The normalized spacial score (nSPS) is 27.8. The van der Waals surface area contributed by atoms with Gasteiger partial charge in [0.1, 0.15) is 6.33 Å². The van der Waals surface area contributed by atoms with E-state index in [9.17, 15) is 0 Å². The van der Waals surface area contributed by atoms with Gasteiger partial charge in [0.05, 0.1) is 5.69 Å². The summed E-state index contributed by atoms with van der Waals surface area (Å²) >= 11 is 0. The van der Waals surface area contributed by atoms with Gasteiger partial charge in [-0.3, -0.25) is 0 Å². The molecule has 2 atom stereocenters. The minimum atomic E-state index is 0.681. The predicted octanol–water partition coefficient (Wildman–Crippen LogP) is 2.81. The summed E-state index contributed by atoms with van der Waals surface area (Å²) in [4.78, 5) is 9.10.